The Balaban J connectivity index is 2.90. The van der Waals surface area contributed by atoms with E-state index in [4.69, 9.17) is 0 Å². The van der Waals surface area contributed by atoms with Gasteiger partial charge in [-0.15, -0.1) is 0 Å². The number of ether oxygens (including phenoxy) is 1. The van der Waals surface area contributed by atoms with Crippen molar-refractivity contribution in [2.75, 3.05) is 7.11 Å². The lowest BCUT2D eigenvalue weighted by Crippen LogP contribution is -2.43. The number of halogens is 1. The maximum atomic E-state index is 11.5. The van der Waals surface area contributed by atoms with E-state index in [0.717, 1.165) is 0 Å². The predicted octanol–water partition coefficient (Wildman–Crippen LogP) is 0.231. The van der Waals surface area contributed by atoms with Gasteiger partial charge in [0.25, 0.3) is 0 Å². The van der Waals surface area contributed by atoms with Crippen LogP contribution in [0.2, 0.25) is 0 Å². The van der Waals surface area contributed by atoms with Crippen LogP contribution in [-0.4, -0.2) is 39.7 Å². The summed E-state index contributed by atoms with van der Waals surface area (Å²) in [7, 11) is 1.18. The molecule has 0 spiro atoms. The van der Waals surface area contributed by atoms with E-state index in [-0.39, 0.29) is 16.8 Å². The van der Waals surface area contributed by atoms with Gasteiger partial charge in [-0.3, -0.25) is 4.79 Å². The number of nitro groups is 1. The van der Waals surface area contributed by atoms with Gasteiger partial charge in [0.05, 0.1) is 25.0 Å². The van der Waals surface area contributed by atoms with Gasteiger partial charge in [0.1, 0.15) is 10.5 Å². The number of nitrogens with zero attached hydrogens (tertiary/aromatic N) is 3. The third-order valence-electron chi connectivity index (χ3n) is 2.10. The molecule has 0 saturated heterocycles. The molecule has 0 aliphatic carbocycles. The molecule has 0 aromatic carbocycles. The van der Waals surface area contributed by atoms with E-state index in [1.54, 1.807) is 0 Å². The number of aromatic nitrogens is 2. The maximum absolute atomic E-state index is 11.5. The second-order valence-corrected chi connectivity index (χ2v) is 4.41. The van der Waals surface area contributed by atoms with E-state index >= 15 is 0 Å². The van der Waals surface area contributed by atoms with E-state index in [1.807, 2.05) is 0 Å². The first kappa shape index (κ1) is 15.1. The monoisotopic (exact) mass is 334 g/mol. The average Bonchev–Trinajstić information content (AvgIpc) is 2.68. The summed E-state index contributed by atoms with van der Waals surface area (Å²) in [6, 6.07) is -0.964. The summed E-state index contributed by atoms with van der Waals surface area (Å²) in [5.74, 6) is -1.45. The summed E-state index contributed by atoms with van der Waals surface area (Å²) < 4.78 is 5.89. The highest BCUT2D eigenvalue weighted by Crippen LogP contribution is 2.22. The quantitative estimate of drug-likeness (QED) is 0.468. The molecule has 104 valence electrons. The van der Waals surface area contributed by atoms with E-state index in [0.29, 0.717) is 0 Å². The van der Waals surface area contributed by atoms with Gasteiger partial charge < -0.3 is 20.2 Å². The predicted molar refractivity (Wildman–Crippen MR) is 66.2 cm³/mol. The van der Waals surface area contributed by atoms with E-state index < -0.39 is 22.8 Å². The van der Waals surface area contributed by atoms with Crippen LogP contribution in [0.15, 0.2) is 10.7 Å². The van der Waals surface area contributed by atoms with Gasteiger partial charge in [-0.25, -0.2) is 4.79 Å². The third kappa shape index (κ3) is 4.02. The molecule has 0 aliphatic heterocycles. The summed E-state index contributed by atoms with van der Waals surface area (Å²) in [5, 5.41) is 16.7. The first-order valence-electron chi connectivity index (χ1n) is 5.07. The molecule has 0 fully saturated rings. The van der Waals surface area contributed by atoms with Gasteiger partial charge >= 0.3 is 11.8 Å². The molecule has 1 rings (SSSR count). The fourth-order valence-corrected chi connectivity index (χ4v) is 1.82. The van der Waals surface area contributed by atoms with Crippen LogP contribution >= 0.6 is 15.9 Å². The number of rotatable bonds is 5. The lowest BCUT2D eigenvalue weighted by atomic mass is 10.3. The molecule has 1 heterocycles. The fraction of sp³-hybridized carbons (Fsp3) is 0.444. The lowest BCUT2D eigenvalue weighted by Gasteiger charge is -2.13. The van der Waals surface area contributed by atoms with Crippen LogP contribution in [0.5, 0.6) is 0 Å². The summed E-state index contributed by atoms with van der Waals surface area (Å²) in [6.07, 6.45) is 1.34. The Morgan fingerprint density at radius 3 is 2.74 bits per heavy atom. The van der Waals surface area contributed by atoms with Crippen molar-refractivity contribution in [3.63, 3.8) is 0 Å². The number of esters is 1. The highest BCUT2D eigenvalue weighted by molar-refractivity contribution is 9.10. The zero-order valence-corrected chi connectivity index (χ0v) is 11.7. The number of hydrogen-bond donors (Lipinski definition) is 1. The first-order valence-corrected chi connectivity index (χ1v) is 5.86. The summed E-state index contributed by atoms with van der Waals surface area (Å²) >= 11 is 2.98. The van der Waals surface area contributed by atoms with Crippen molar-refractivity contribution in [2.24, 2.45) is 0 Å². The Hall–Kier alpha value is -1.97. The van der Waals surface area contributed by atoms with Crippen LogP contribution in [0.1, 0.15) is 6.92 Å². The topological polar surface area (TPSA) is 116 Å². The third-order valence-corrected chi connectivity index (χ3v) is 2.66. The van der Waals surface area contributed by atoms with Crippen molar-refractivity contribution in [2.45, 2.75) is 19.5 Å². The molecule has 0 radical (unpaired) electrons. The molecule has 9 nitrogen and oxygen atoms in total. The number of amides is 1. The lowest BCUT2D eigenvalue weighted by molar-refractivity contribution is -0.390. The van der Waals surface area contributed by atoms with Gasteiger partial charge in [-0.1, -0.05) is 0 Å². The molecular formula is C9H11BrN4O5. The van der Waals surface area contributed by atoms with Gasteiger partial charge in [0.15, 0.2) is 0 Å². The largest absolute Gasteiger partial charge is 0.467 e. The Labute approximate surface area is 116 Å². The van der Waals surface area contributed by atoms with Crippen LogP contribution in [0.4, 0.5) is 5.82 Å². The summed E-state index contributed by atoms with van der Waals surface area (Å²) in [6.45, 7) is 1.18. The Morgan fingerprint density at radius 2 is 2.32 bits per heavy atom. The summed E-state index contributed by atoms with van der Waals surface area (Å²) in [5.41, 5.74) is 0. The number of hydrogen-bond acceptors (Lipinski definition) is 6. The van der Waals surface area contributed by atoms with Crippen molar-refractivity contribution in [3.05, 3.63) is 20.8 Å². The average molecular weight is 335 g/mol. The van der Waals surface area contributed by atoms with E-state index in [9.17, 15) is 19.7 Å². The second kappa shape index (κ2) is 6.27. The van der Waals surface area contributed by atoms with Crippen molar-refractivity contribution < 1.29 is 19.2 Å². The maximum Gasteiger partial charge on any atom is 0.404 e. The van der Waals surface area contributed by atoms with Gasteiger partial charge in [0, 0.05) is 6.92 Å². The van der Waals surface area contributed by atoms with Crippen LogP contribution in [0.3, 0.4) is 0 Å². The molecule has 1 amide bonds. The Bertz CT molecular complexity index is 515. The van der Waals surface area contributed by atoms with E-state index in [1.165, 1.54) is 24.9 Å². The molecule has 0 aliphatic rings. The molecule has 0 bridgehead atoms. The minimum Gasteiger partial charge on any atom is -0.467 e. The number of methoxy groups -OCH3 is 1. The highest BCUT2D eigenvalue weighted by Gasteiger charge is 2.25. The molecule has 1 aromatic heterocycles. The second-order valence-electron chi connectivity index (χ2n) is 3.56. The zero-order chi connectivity index (χ0) is 14.6. The SMILES string of the molecule is COC(=O)C(Cn1cc(Br)c([N+](=O)[O-])n1)NC(C)=O. The van der Waals surface area contributed by atoms with Gasteiger partial charge in [0.2, 0.25) is 5.91 Å². The number of carbonyl (C=O) groups is 2. The zero-order valence-electron chi connectivity index (χ0n) is 10.1. The molecule has 19 heavy (non-hydrogen) atoms. The molecule has 1 unspecified atom stereocenters. The van der Waals surface area contributed by atoms with Crippen molar-refractivity contribution >= 4 is 33.6 Å². The Kier molecular flexibility index (Phi) is 4.98. The normalized spacial score (nSPS) is 11.7. The van der Waals surface area contributed by atoms with Crippen LogP contribution in [0, 0.1) is 10.1 Å². The van der Waals surface area contributed by atoms with Gasteiger partial charge in [-0.05, 0) is 20.9 Å². The fourth-order valence-electron chi connectivity index (χ4n) is 1.36. The molecule has 1 aromatic rings. The van der Waals surface area contributed by atoms with Gasteiger partial charge in [-0.2, -0.15) is 4.68 Å². The van der Waals surface area contributed by atoms with Crippen LogP contribution in [0.25, 0.3) is 0 Å². The molecule has 1 N–H and O–H groups in total. The molecule has 10 heteroatoms. The standard InChI is InChI=1S/C9H11BrN4O5/c1-5(15)11-7(9(16)19-2)4-13-3-6(10)8(12-13)14(17)18/h3,7H,4H2,1-2H3,(H,11,15). The van der Waals surface area contributed by atoms with Crippen molar-refractivity contribution in [3.8, 4) is 0 Å². The molecular weight excluding hydrogens is 324 g/mol. The van der Waals surface area contributed by atoms with E-state index in [2.05, 4.69) is 31.1 Å². The smallest absolute Gasteiger partial charge is 0.404 e. The van der Waals surface area contributed by atoms with Crippen molar-refractivity contribution in [1.82, 2.24) is 15.1 Å². The Morgan fingerprint density at radius 1 is 1.68 bits per heavy atom. The number of nitrogens with one attached hydrogen (secondary N) is 1. The highest BCUT2D eigenvalue weighted by atomic mass is 79.9. The molecule has 1 atom stereocenters. The first-order chi connectivity index (χ1) is 8.85. The minimum absolute atomic E-state index is 0.0707. The molecule has 0 saturated carbocycles. The summed E-state index contributed by atoms with van der Waals surface area (Å²) in [4.78, 5) is 32.4. The van der Waals surface area contributed by atoms with Crippen LogP contribution in [-0.2, 0) is 20.9 Å². The van der Waals surface area contributed by atoms with Crippen LogP contribution < -0.4 is 5.32 Å². The van der Waals surface area contributed by atoms with Crippen molar-refractivity contribution in [1.29, 1.82) is 0 Å². The number of carbonyl (C=O) groups excluding carboxylic acids is 2. The minimum atomic E-state index is -0.964.